The molecule has 7 heteroatoms. The minimum atomic E-state index is -0.508. The Morgan fingerprint density at radius 1 is 0.569 bits per heavy atom. The van der Waals surface area contributed by atoms with Gasteiger partial charge in [0.1, 0.15) is 0 Å². The predicted octanol–water partition coefficient (Wildman–Crippen LogP) is 10.7. The number of benzene rings is 6. The standard InChI is InChI=1S/C44H37N3O4/c48-43(35-14-6-2-7-15-35)50-45-30-32-22-25-39(26-23-32)47(40-20-10-18-37(29-40)34-12-4-1-5-13-34)42-21-11-19-38-28-33(24-27-41(38)42)31-46-51-44(49)36-16-8-3-9-17-36/h2-3,6-11,14-31,34H,1,4-5,12-13H2/b45-30-,46-31-. The number of carbonyl (C=O) groups is 2. The monoisotopic (exact) mass is 671 g/mol. The second kappa shape index (κ2) is 15.9. The molecule has 0 atom stereocenters. The zero-order valence-corrected chi connectivity index (χ0v) is 28.1. The van der Waals surface area contributed by atoms with E-state index >= 15 is 0 Å². The number of carbonyl (C=O) groups excluding carboxylic acids is 2. The maximum Gasteiger partial charge on any atom is 0.365 e. The topological polar surface area (TPSA) is 80.6 Å². The fourth-order valence-corrected chi connectivity index (χ4v) is 6.57. The summed E-state index contributed by atoms with van der Waals surface area (Å²) >= 11 is 0. The van der Waals surface area contributed by atoms with Crippen molar-refractivity contribution >= 4 is 52.2 Å². The summed E-state index contributed by atoms with van der Waals surface area (Å²) in [6.45, 7) is 0. The van der Waals surface area contributed by atoms with Crippen molar-refractivity contribution in [2.45, 2.75) is 38.0 Å². The summed E-state index contributed by atoms with van der Waals surface area (Å²) < 4.78 is 0. The summed E-state index contributed by atoms with van der Waals surface area (Å²) in [5.74, 6) is -0.458. The Hall–Kier alpha value is -6.34. The van der Waals surface area contributed by atoms with Gasteiger partial charge in [0.05, 0.1) is 29.2 Å². The van der Waals surface area contributed by atoms with Crippen LogP contribution in [-0.4, -0.2) is 24.4 Å². The molecule has 0 aromatic heterocycles. The number of hydrogen-bond acceptors (Lipinski definition) is 7. The van der Waals surface area contributed by atoms with Crippen molar-refractivity contribution in [3.63, 3.8) is 0 Å². The molecule has 0 saturated heterocycles. The molecule has 7 nitrogen and oxygen atoms in total. The molecule has 0 N–H and O–H groups in total. The number of oxime groups is 2. The summed E-state index contributed by atoms with van der Waals surface area (Å²) in [6.07, 6.45) is 9.36. The van der Waals surface area contributed by atoms with Gasteiger partial charge in [-0.05, 0) is 101 Å². The van der Waals surface area contributed by atoms with E-state index in [1.165, 1.54) is 43.9 Å². The second-order valence-corrected chi connectivity index (χ2v) is 12.6. The van der Waals surface area contributed by atoms with Crippen LogP contribution in [0.2, 0.25) is 0 Å². The van der Waals surface area contributed by atoms with Crippen LogP contribution in [0, 0.1) is 0 Å². The van der Waals surface area contributed by atoms with E-state index in [0.29, 0.717) is 17.0 Å². The van der Waals surface area contributed by atoms with Gasteiger partial charge in [-0.2, -0.15) is 0 Å². The molecule has 0 aliphatic heterocycles. The summed E-state index contributed by atoms with van der Waals surface area (Å²) in [6, 6.07) is 46.8. The molecule has 252 valence electrons. The van der Waals surface area contributed by atoms with E-state index in [-0.39, 0.29) is 0 Å². The quantitative estimate of drug-likeness (QED) is 0.0822. The Labute approximate surface area is 297 Å². The van der Waals surface area contributed by atoms with Gasteiger partial charge in [-0.3, -0.25) is 0 Å². The molecule has 1 fully saturated rings. The maximum atomic E-state index is 12.3. The van der Waals surface area contributed by atoms with Crippen molar-refractivity contribution in [1.29, 1.82) is 0 Å². The Balaban J connectivity index is 1.18. The molecule has 7 rings (SSSR count). The van der Waals surface area contributed by atoms with Gasteiger partial charge in [0.15, 0.2) is 0 Å². The van der Waals surface area contributed by atoms with E-state index in [0.717, 1.165) is 39.0 Å². The SMILES string of the molecule is O=C(O/N=C\c1ccc(N(c2cccc(C3CCCCC3)c2)c2cccc3cc(/C=N\OC(=O)c4ccccc4)ccc23)cc1)c1ccccc1. The van der Waals surface area contributed by atoms with E-state index in [4.69, 9.17) is 9.68 Å². The van der Waals surface area contributed by atoms with Crippen LogP contribution in [0.15, 0.2) is 156 Å². The lowest BCUT2D eigenvalue weighted by molar-refractivity contribution is 0.0510. The van der Waals surface area contributed by atoms with Crippen LogP contribution in [-0.2, 0) is 9.68 Å². The van der Waals surface area contributed by atoms with Crippen LogP contribution < -0.4 is 4.90 Å². The fourth-order valence-electron chi connectivity index (χ4n) is 6.57. The molecule has 1 saturated carbocycles. The number of anilines is 3. The third-order valence-electron chi connectivity index (χ3n) is 9.17. The molecule has 0 unspecified atom stereocenters. The number of nitrogens with zero attached hydrogens (tertiary/aromatic N) is 3. The summed E-state index contributed by atoms with van der Waals surface area (Å²) in [5, 5.41) is 9.97. The number of rotatable bonds is 10. The summed E-state index contributed by atoms with van der Waals surface area (Å²) in [4.78, 5) is 37.2. The largest absolute Gasteiger partial charge is 0.365 e. The highest BCUT2D eigenvalue weighted by atomic mass is 16.7. The second-order valence-electron chi connectivity index (χ2n) is 12.6. The molecule has 51 heavy (non-hydrogen) atoms. The normalized spacial score (nSPS) is 13.4. The Morgan fingerprint density at radius 3 is 1.84 bits per heavy atom. The third kappa shape index (κ3) is 8.11. The Bertz CT molecular complexity index is 2170. The van der Waals surface area contributed by atoms with Crippen LogP contribution in [0.5, 0.6) is 0 Å². The molecular formula is C44H37N3O4. The molecular weight excluding hydrogens is 635 g/mol. The highest BCUT2D eigenvalue weighted by Crippen LogP contribution is 2.41. The van der Waals surface area contributed by atoms with Crippen LogP contribution in [0.3, 0.4) is 0 Å². The van der Waals surface area contributed by atoms with Crippen molar-refractivity contribution in [3.8, 4) is 0 Å². The lowest BCUT2D eigenvalue weighted by Gasteiger charge is -2.29. The maximum absolute atomic E-state index is 12.3. The van der Waals surface area contributed by atoms with Crippen LogP contribution in [0.4, 0.5) is 17.1 Å². The predicted molar refractivity (Wildman–Crippen MR) is 203 cm³/mol. The number of hydrogen-bond donors (Lipinski definition) is 0. The molecule has 0 spiro atoms. The van der Waals surface area contributed by atoms with E-state index in [2.05, 4.69) is 69.8 Å². The summed E-state index contributed by atoms with van der Waals surface area (Å²) in [5.41, 5.74) is 6.92. The molecule has 6 aromatic rings. The first-order valence-electron chi connectivity index (χ1n) is 17.2. The van der Waals surface area contributed by atoms with E-state index in [1.807, 2.05) is 42.5 Å². The van der Waals surface area contributed by atoms with Crippen molar-refractivity contribution in [2.75, 3.05) is 4.90 Å². The highest BCUT2D eigenvalue weighted by molar-refractivity contribution is 6.01. The van der Waals surface area contributed by atoms with Gasteiger partial charge in [-0.1, -0.05) is 115 Å². The van der Waals surface area contributed by atoms with Crippen molar-refractivity contribution < 1.29 is 19.3 Å². The van der Waals surface area contributed by atoms with Crippen molar-refractivity contribution in [3.05, 3.63) is 173 Å². The molecule has 0 radical (unpaired) electrons. The molecule has 1 aliphatic rings. The third-order valence-corrected chi connectivity index (χ3v) is 9.17. The van der Waals surface area contributed by atoms with Gasteiger partial charge >= 0.3 is 11.9 Å². The van der Waals surface area contributed by atoms with Crippen molar-refractivity contribution in [2.24, 2.45) is 10.3 Å². The fraction of sp³-hybridized carbons (Fsp3) is 0.136. The first kappa shape index (κ1) is 33.2. The lowest BCUT2D eigenvalue weighted by atomic mass is 9.84. The smallest absolute Gasteiger partial charge is 0.313 e. The first-order valence-corrected chi connectivity index (χ1v) is 17.2. The first-order chi connectivity index (χ1) is 25.1. The van der Waals surface area contributed by atoms with Crippen molar-refractivity contribution in [1.82, 2.24) is 0 Å². The van der Waals surface area contributed by atoms with E-state index in [1.54, 1.807) is 54.7 Å². The van der Waals surface area contributed by atoms with E-state index < -0.39 is 11.9 Å². The summed E-state index contributed by atoms with van der Waals surface area (Å²) in [7, 11) is 0. The Morgan fingerprint density at radius 2 is 1.18 bits per heavy atom. The van der Waals surface area contributed by atoms with Gasteiger partial charge in [0, 0.05) is 16.8 Å². The molecule has 0 bridgehead atoms. The highest BCUT2D eigenvalue weighted by Gasteiger charge is 2.20. The van der Waals surface area contributed by atoms with Crippen LogP contribution >= 0.6 is 0 Å². The average molecular weight is 672 g/mol. The minimum absolute atomic E-state index is 0.442. The van der Waals surface area contributed by atoms with E-state index in [9.17, 15) is 9.59 Å². The van der Waals surface area contributed by atoms with Gasteiger partial charge < -0.3 is 14.6 Å². The zero-order valence-electron chi connectivity index (χ0n) is 28.1. The number of fused-ring (bicyclic) bond motifs is 1. The lowest BCUT2D eigenvalue weighted by Crippen LogP contribution is -2.12. The average Bonchev–Trinajstić information content (AvgIpc) is 3.19. The molecule has 6 aromatic carbocycles. The van der Waals surface area contributed by atoms with Gasteiger partial charge in [0.25, 0.3) is 0 Å². The van der Waals surface area contributed by atoms with Crippen LogP contribution in [0.25, 0.3) is 10.8 Å². The zero-order chi connectivity index (χ0) is 34.8. The molecule has 0 amide bonds. The van der Waals surface area contributed by atoms with Gasteiger partial charge in [-0.15, -0.1) is 0 Å². The van der Waals surface area contributed by atoms with Crippen LogP contribution in [0.1, 0.15) is 75.4 Å². The van der Waals surface area contributed by atoms with Gasteiger partial charge in [-0.25, -0.2) is 9.59 Å². The molecule has 0 heterocycles. The molecule has 1 aliphatic carbocycles. The Kier molecular flexibility index (Phi) is 10.4. The minimum Gasteiger partial charge on any atom is -0.313 e. The van der Waals surface area contributed by atoms with Gasteiger partial charge in [0.2, 0.25) is 0 Å².